The van der Waals surface area contributed by atoms with E-state index in [1.165, 1.54) is 17.8 Å². The lowest BCUT2D eigenvalue weighted by Crippen LogP contribution is -2.18. The number of nitrogens with two attached hydrogens (primary N) is 1. The van der Waals surface area contributed by atoms with Gasteiger partial charge in [0.1, 0.15) is 5.82 Å². The Balaban J connectivity index is 1.93. The molecule has 2 aromatic rings. The summed E-state index contributed by atoms with van der Waals surface area (Å²) in [5.74, 6) is 0.0373. The quantitative estimate of drug-likeness (QED) is 0.860. The average Bonchev–Trinajstić information content (AvgIpc) is 2.48. The minimum atomic E-state index is -0.534. The van der Waals surface area contributed by atoms with E-state index in [1.807, 2.05) is 18.2 Å². The summed E-state index contributed by atoms with van der Waals surface area (Å²) in [7, 11) is 0. The highest BCUT2D eigenvalue weighted by molar-refractivity contribution is 6.33. The molecule has 1 aromatic carbocycles. The first-order valence-electron chi connectivity index (χ1n) is 6.82. The van der Waals surface area contributed by atoms with Gasteiger partial charge in [0, 0.05) is 12.2 Å². The summed E-state index contributed by atoms with van der Waals surface area (Å²) < 4.78 is 0. The number of rotatable bonds is 6. The fourth-order valence-corrected chi connectivity index (χ4v) is 2.23. The first-order valence-corrected chi connectivity index (χ1v) is 7.20. The number of aromatic nitrogens is 1. The van der Waals surface area contributed by atoms with Gasteiger partial charge in [0.05, 0.1) is 10.6 Å². The molecular formula is C16H18ClN3O. The van der Waals surface area contributed by atoms with Crippen molar-refractivity contribution in [3.63, 3.8) is 0 Å². The van der Waals surface area contributed by atoms with Crippen molar-refractivity contribution >= 4 is 23.3 Å². The maximum absolute atomic E-state index is 11.0. The summed E-state index contributed by atoms with van der Waals surface area (Å²) in [4.78, 5) is 15.2. The van der Waals surface area contributed by atoms with Crippen molar-refractivity contribution in [3.8, 4) is 0 Å². The molecule has 110 valence electrons. The zero-order valence-electron chi connectivity index (χ0n) is 11.8. The van der Waals surface area contributed by atoms with E-state index >= 15 is 0 Å². The van der Waals surface area contributed by atoms with Crippen LogP contribution in [0, 0.1) is 0 Å². The van der Waals surface area contributed by atoms with Crippen LogP contribution in [-0.2, 0) is 6.42 Å². The SMILES string of the molecule is CC(CCc1ccccc1)Nc1ncc(C(N)=O)cc1Cl. The predicted octanol–water partition coefficient (Wildman–Crippen LogP) is 3.27. The van der Waals surface area contributed by atoms with Gasteiger partial charge in [-0.3, -0.25) is 4.79 Å². The van der Waals surface area contributed by atoms with Crippen LogP contribution >= 0.6 is 11.6 Å². The second-order valence-electron chi connectivity index (χ2n) is 4.99. The van der Waals surface area contributed by atoms with Gasteiger partial charge in [0.2, 0.25) is 5.91 Å². The van der Waals surface area contributed by atoms with E-state index in [-0.39, 0.29) is 6.04 Å². The van der Waals surface area contributed by atoms with Crippen LogP contribution in [-0.4, -0.2) is 16.9 Å². The number of carbonyl (C=O) groups excluding carboxylic acids is 1. The molecule has 1 aromatic heterocycles. The number of amides is 1. The number of nitrogens with one attached hydrogen (secondary N) is 1. The van der Waals surface area contributed by atoms with Crippen LogP contribution < -0.4 is 11.1 Å². The van der Waals surface area contributed by atoms with E-state index in [0.717, 1.165) is 12.8 Å². The Hall–Kier alpha value is -2.07. The number of primary amides is 1. The summed E-state index contributed by atoms with van der Waals surface area (Å²) in [6, 6.07) is 12.1. The van der Waals surface area contributed by atoms with E-state index in [2.05, 4.69) is 29.4 Å². The minimum Gasteiger partial charge on any atom is -0.366 e. The van der Waals surface area contributed by atoms with Crippen molar-refractivity contribution < 1.29 is 4.79 Å². The number of halogens is 1. The monoisotopic (exact) mass is 303 g/mol. The van der Waals surface area contributed by atoms with Gasteiger partial charge in [-0.1, -0.05) is 41.9 Å². The number of pyridine rings is 1. The number of hydrogen-bond acceptors (Lipinski definition) is 3. The van der Waals surface area contributed by atoms with Gasteiger partial charge in [-0.2, -0.15) is 0 Å². The van der Waals surface area contributed by atoms with Crippen LogP contribution in [0.1, 0.15) is 29.3 Å². The molecule has 5 heteroatoms. The maximum Gasteiger partial charge on any atom is 0.250 e. The first-order chi connectivity index (χ1) is 10.1. The molecule has 0 aliphatic rings. The topological polar surface area (TPSA) is 68.0 Å². The maximum atomic E-state index is 11.0. The first kappa shape index (κ1) is 15.3. The third kappa shape index (κ3) is 4.46. The van der Waals surface area contributed by atoms with Crippen LogP contribution in [0.2, 0.25) is 5.02 Å². The van der Waals surface area contributed by atoms with E-state index in [1.54, 1.807) is 0 Å². The zero-order chi connectivity index (χ0) is 15.2. The fourth-order valence-electron chi connectivity index (χ4n) is 2.01. The second-order valence-corrected chi connectivity index (χ2v) is 5.40. The molecule has 0 fully saturated rings. The summed E-state index contributed by atoms with van der Waals surface area (Å²) in [6.45, 7) is 2.07. The molecule has 0 saturated heterocycles. The Labute approximate surface area is 129 Å². The average molecular weight is 304 g/mol. The Morgan fingerprint density at radius 3 is 2.71 bits per heavy atom. The van der Waals surface area contributed by atoms with Crippen LogP contribution in [0.4, 0.5) is 5.82 Å². The number of benzene rings is 1. The van der Waals surface area contributed by atoms with Gasteiger partial charge in [-0.25, -0.2) is 4.98 Å². The molecule has 21 heavy (non-hydrogen) atoms. The van der Waals surface area contributed by atoms with E-state index in [9.17, 15) is 4.79 Å². The largest absolute Gasteiger partial charge is 0.366 e. The molecule has 1 unspecified atom stereocenters. The van der Waals surface area contributed by atoms with Gasteiger partial charge >= 0.3 is 0 Å². The predicted molar refractivity (Wildman–Crippen MR) is 85.6 cm³/mol. The van der Waals surface area contributed by atoms with Gasteiger partial charge < -0.3 is 11.1 Å². The molecule has 0 aliphatic carbocycles. The van der Waals surface area contributed by atoms with Crippen LogP contribution in [0.3, 0.4) is 0 Å². The van der Waals surface area contributed by atoms with Gasteiger partial charge in [-0.15, -0.1) is 0 Å². The van der Waals surface area contributed by atoms with Gasteiger partial charge in [-0.05, 0) is 31.4 Å². The van der Waals surface area contributed by atoms with Crippen LogP contribution in [0.5, 0.6) is 0 Å². The normalized spacial score (nSPS) is 11.9. The van der Waals surface area contributed by atoms with Crippen molar-refractivity contribution in [2.24, 2.45) is 5.73 Å². The molecular weight excluding hydrogens is 286 g/mol. The number of aryl methyl sites for hydroxylation is 1. The summed E-state index contributed by atoms with van der Waals surface area (Å²) in [5.41, 5.74) is 6.80. The number of nitrogens with zero attached hydrogens (tertiary/aromatic N) is 1. The summed E-state index contributed by atoms with van der Waals surface area (Å²) in [5, 5.41) is 3.65. The van der Waals surface area contributed by atoms with E-state index < -0.39 is 5.91 Å². The molecule has 0 radical (unpaired) electrons. The van der Waals surface area contributed by atoms with Crippen molar-refractivity contribution in [3.05, 3.63) is 58.7 Å². The van der Waals surface area contributed by atoms with Gasteiger partial charge in [0.15, 0.2) is 0 Å². The lowest BCUT2D eigenvalue weighted by atomic mass is 10.1. The van der Waals surface area contributed by atoms with Crippen molar-refractivity contribution in [1.29, 1.82) is 0 Å². The van der Waals surface area contributed by atoms with Crippen molar-refractivity contribution in [2.45, 2.75) is 25.8 Å². The Morgan fingerprint density at radius 2 is 2.10 bits per heavy atom. The molecule has 0 saturated carbocycles. The van der Waals surface area contributed by atoms with Crippen LogP contribution in [0.25, 0.3) is 0 Å². The van der Waals surface area contributed by atoms with E-state index in [0.29, 0.717) is 16.4 Å². The van der Waals surface area contributed by atoms with Crippen LogP contribution in [0.15, 0.2) is 42.6 Å². The third-order valence-corrected chi connectivity index (χ3v) is 3.51. The molecule has 3 N–H and O–H groups in total. The second kappa shape index (κ2) is 7.09. The molecule has 1 amide bonds. The highest BCUT2D eigenvalue weighted by Gasteiger charge is 2.10. The standard InChI is InChI=1S/C16H18ClN3O/c1-11(7-8-12-5-3-2-4-6-12)20-16-14(17)9-13(10-19-16)15(18)21/h2-6,9-11H,7-8H2,1H3,(H2,18,21)(H,19,20). The zero-order valence-corrected chi connectivity index (χ0v) is 12.6. The molecule has 4 nitrogen and oxygen atoms in total. The molecule has 0 bridgehead atoms. The summed E-state index contributed by atoms with van der Waals surface area (Å²) >= 11 is 6.10. The molecule has 1 heterocycles. The summed E-state index contributed by atoms with van der Waals surface area (Å²) in [6.07, 6.45) is 3.37. The Kier molecular flexibility index (Phi) is 5.17. The fraction of sp³-hybridized carbons (Fsp3) is 0.250. The molecule has 2 rings (SSSR count). The smallest absolute Gasteiger partial charge is 0.250 e. The number of carbonyl (C=O) groups is 1. The minimum absolute atomic E-state index is 0.217. The third-order valence-electron chi connectivity index (χ3n) is 3.22. The lowest BCUT2D eigenvalue weighted by Gasteiger charge is -2.15. The number of anilines is 1. The Morgan fingerprint density at radius 1 is 1.38 bits per heavy atom. The van der Waals surface area contributed by atoms with E-state index in [4.69, 9.17) is 17.3 Å². The highest BCUT2D eigenvalue weighted by atomic mass is 35.5. The van der Waals surface area contributed by atoms with Gasteiger partial charge in [0.25, 0.3) is 0 Å². The molecule has 0 spiro atoms. The number of hydrogen-bond donors (Lipinski definition) is 2. The lowest BCUT2D eigenvalue weighted by molar-refractivity contribution is 0.1000. The molecule has 0 aliphatic heterocycles. The van der Waals surface area contributed by atoms with Crippen molar-refractivity contribution in [1.82, 2.24) is 4.98 Å². The Bertz CT molecular complexity index is 616. The van der Waals surface area contributed by atoms with Crippen molar-refractivity contribution in [2.75, 3.05) is 5.32 Å². The highest BCUT2D eigenvalue weighted by Crippen LogP contribution is 2.21. The molecule has 1 atom stereocenters.